The van der Waals surface area contributed by atoms with Gasteiger partial charge in [-0.1, -0.05) is 0 Å². The molecule has 1 aromatic heterocycles. The lowest BCUT2D eigenvalue weighted by atomic mass is 10.0. The third-order valence-electron chi connectivity index (χ3n) is 4.02. The first-order valence-electron chi connectivity index (χ1n) is 7.00. The molecule has 1 unspecified atom stereocenters. The van der Waals surface area contributed by atoms with Gasteiger partial charge in [0, 0.05) is 24.7 Å². The van der Waals surface area contributed by atoms with Crippen molar-refractivity contribution in [2.75, 3.05) is 27.2 Å². The van der Waals surface area contributed by atoms with Gasteiger partial charge in [-0.25, -0.2) is 5.84 Å². The molecule has 0 radical (unpaired) electrons. The molecule has 1 amide bonds. The van der Waals surface area contributed by atoms with Gasteiger partial charge in [0.1, 0.15) is 5.76 Å². The lowest BCUT2D eigenvalue weighted by molar-refractivity contribution is 0.0924. The summed E-state index contributed by atoms with van der Waals surface area (Å²) in [5.74, 6) is 5.78. The highest BCUT2D eigenvalue weighted by Crippen LogP contribution is 2.20. The molecule has 2 heterocycles. The zero-order chi connectivity index (χ0) is 14.7. The number of hydrazine groups is 1. The molecule has 0 saturated carbocycles. The Bertz CT molecular complexity index is 472. The second kappa shape index (κ2) is 6.39. The van der Waals surface area contributed by atoms with Crippen molar-refractivity contribution in [1.82, 2.24) is 15.2 Å². The van der Waals surface area contributed by atoms with Crippen molar-refractivity contribution in [2.45, 2.75) is 32.4 Å². The van der Waals surface area contributed by atoms with E-state index in [1.807, 2.05) is 6.92 Å². The van der Waals surface area contributed by atoms with E-state index in [0.717, 1.165) is 24.4 Å². The van der Waals surface area contributed by atoms with Gasteiger partial charge in [0.05, 0.1) is 0 Å². The number of hydrogen-bond acceptors (Lipinski definition) is 5. The molecule has 1 aromatic rings. The smallest absolute Gasteiger partial charge is 0.300 e. The van der Waals surface area contributed by atoms with Crippen molar-refractivity contribution in [1.29, 1.82) is 0 Å². The number of aryl methyl sites for hydroxylation is 1. The molecule has 6 nitrogen and oxygen atoms in total. The van der Waals surface area contributed by atoms with E-state index in [1.54, 1.807) is 6.07 Å². The van der Waals surface area contributed by atoms with E-state index in [9.17, 15) is 4.79 Å². The predicted molar refractivity (Wildman–Crippen MR) is 77.1 cm³/mol. The molecule has 0 aliphatic carbocycles. The molecule has 2 rings (SSSR count). The number of piperidine rings is 1. The van der Waals surface area contributed by atoms with Crippen molar-refractivity contribution >= 4 is 5.91 Å². The van der Waals surface area contributed by atoms with Gasteiger partial charge < -0.3 is 9.32 Å². The van der Waals surface area contributed by atoms with E-state index >= 15 is 0 Å². The summed E-state index contributed by atoms with van der Waals surface area (Å²) in [6, 6.07) is 2.33. The van der Waals surface area contributed by atoms with Crippen molar-refractivity contribution < 1.29 is 9.21 Å². The van der Waals surface area contributed by atoms with E-state index in [1.165, 1.54) is 19.4 Å². The Morgan fingerprint density at radius 3 is 3.05 bits per heavy atom. The highest BCUT2D eigenvalue weighted by atomic mass is 16.4. The first-order valence-corrected chi connectivity index (χ1v) is 7.00. The average molecular weight is 280 g/mol. The minimum Gasteiger partial charge on any atom is -0.456 e. The second-order valence-corrected chi connectivity index (χ2v) is 5.64. The number of nitrogens with two attached hydrogens (primary N) is 1. The van der Waals surface area contributed by atoms with Crippen LogP contribution in [0.3, 0.4) is 0 Å². The quantitative estimate of drug-likeness (QED) is 0.483. The third kappa shape index (κ3) is 3.39. The Balaban J connectivity index is 2.02. The van der Waals surface area contributed by atoms with E-state index < -0.39 is 0 Å². The number of nitrogens with zero attached hydrogens (tertiary/aromatic N) is 2. The van der Waals surface area contributed by atoms with Gasteiger partial charge in [0.15, 0.2) is 5.76 Å². The molecule has 1 atom stereocenters. The topological polar surface area (TPSA) is 74.7 Å². The highest BCUT2D eigenvalue weighted by molar-refractivity contribution is 5.91. The number of carbonyl (C=O) groups excluding carboxylic acids is 1. The molecule has 0 spiro atoms. The van der Waals surface area contributed by atoms with E-state index in [2.05, 4.69) is 29.3 Å². The predicted octanol–water partition coefficient (Wildman–Crippen LogP) is 0.718. The maximum absolute atomic E-state index is 11.5. The van der Waals surface area contributed by atoms with E-state index in [4.69, 9.17) is 10.3 Å². The van der Waals surface area contributed by atoms with Crippen molar-refractivity contribution in [3.8, 4) is 0 Å². The summed E-state index contributed by atoms with van der Waals surface area (Å²) in [5, 5.41) is 0. The fourth-order valence-corrected chi connectivity index (χ4v) is 2.76. The number of carbonyl (C=O) groups is 1. The molecule has 112 valence electrons. The van der Waals surface area contributed by atoms with Crippen molar-refractivity contribution in [3.63, 3.8) is 0 Å². The van der Waals surface area contributed by atoms with Gasteiger partial charge in [0.2, 0.25) is 0 Å². The summed E-state index contributed by atoms with van der Waals surface area (Å²) in [6.07, 6.45) is 2.45. The first kappa shape index (κ1) is 15.0. The van der Waals surface area contributed by atoms with E-state index in [0.29, 0.717) is 6.04 Å². The maximum atomic E-state index is 11.5. The second-order valence-electron chi connectivity index (χ2n) is 5.64. The highest BCUT2D eigenvalue weighted by Gasteiger charge is 2.22. The van der Waals surface area contributed by atoms with Crippen LogP contribution in [0.15, 0.2) is 10.5 Å². The minimum atomic E-state index is -0.389. The first-order chi connectivity index (χ1) is 9.51. The fraction of sp³-hybridized carbons (Fsp3) is 0.643. The zero-order valence-corrected chi connectivity index (χ0v) is 12.5. The number of likely N-dealkylation sites (tertiary alicyclic amines) is 1. The summed E-state index contributed by atoms with van der Waals surface area (Å²) in [7, 11) is 4.28. The van der Waals surface area contributed by atoms with Crippen LogP contribution in [0.4, 0.5) is 0 Å². The molecule has 1 aliphatic rings. The standard InChI is InChI=1S/C14H24N4O2/c1-10-11(7-13(20-10)14(19)16-15)8-18(3)12-5-4-6-17(2)9-12/h7,12H,4-6,8-9,15H2,1-3H3,(H,16,19). The summed E-state index contributed by atoms with van der Waals surface area (Å²) >= 11 is 0. The Hall–Kier alpha value is -1.37. The van der Waals surface area contributed by atoms with Gasteiger partial charge in [-0.15, -0.1) is 0 Å². The largest absolute Gasteiger partial charge is 0.456 e. The molecular formula is C14H24N4O2. The molecule has 0 aromatic carbocycles. The van der Waals surface area contributed by atoms with Crippen LogP contribution in [0.1, 0.15) is 34.7 Å². The average Bonchev–Trinajstić information content (AvgIpc) is 2.79. The Morgan fingerprint density at radius 1 is 1.65 bits per heavy atom. The number of nitrogen functional groups attached to an aromatic ring is 1. The summed E-state index contributed by atoms with van der Waals surface area (Å²) in [4.78, 5) is 16.2. The van der Waals surface area contributed by atoms with E-state index in [-0.39, 0.29) is 11.7 Å². The number of amides is 1. The van der Waals surface area contributed by atoms with Crippen molar-refractivity contribution in [3.05, 3.63) is 23.2 Å². The van der Waals surface area contributed by atoms with Crippen LogP contribution in [0.25, 0.3) is 0 Å². The Labute approximate surface area is 119 Å². The van der Waals surface area contributed by atoms with Crippen LogP contribution >= 0.6 is 0 Å². The van der Waals surface area contributed by atoms with Crippen molar-refractivity contribution in [2.24, 2.45) is 5.84 Å². The summed E-state index contributed by atoms with van der Waals surface area (Å²) < 4.78 is 5.45. The molecule has 1 fully saturated rings. The van der Waals surface area contributed by atoms with Gasteiger partial charge in [-0.2, -0.15) is 0 Å². The SMILES string of the molecule is Cc1oc(C(=O)NN)cc1CN(C)C1CCCN(C)C1. The molecule has 3 N–H and O–H groups in total. The Kier molecular flexibility index (Phi) is 4.80. The fourth-order valence-electron chi connectivity index (χ4n) is 2.76. The number of furan rings is 1. The number of rotatable bonds is 4. The van der Waals surface area contributed by atoms with Crippen LogP contribution < -0.4 is 11.3 Å². The molecule has 1 saturated heterocycles. The minimum absolute atomic E-state index is 0.272. The molecular weight excluding hydrogens is 256 g/mol. The van der Waals surface area contributed by atoms with Crippen LogP contribution in [0, 0.1) is 6.92 Å². The van der Waals surface area contributed by atoms with Gasteiger partial charge in [-0.3, -0.25) is 15.1 Å². The summed E-state index contributed by atoms with van der Waals surface area (Å²) in [6.45, 7) is 4.93. The molecule has 20 heavy (non-hydrogen) atoms. The molecule has 6 heteroatoms. The van der Waals surface area contributed by atoms with Crippen LogP contribution in [-0.4, -0.2) is 48.9 Å². The lowest BCUT2D eigenvalue weighted by Crippen LogP contribution is -2.44. The number of nitrogens with one attached hydrogen (secondary N) is 1. The van der Waals surface area contributed by atoms with Crippen LogP contribution in [0.5, 0.6) is 0 Å². The van der Waals surface area contributed by atoms with Gasteiger partial charge in [-0.05, 0) is 46.5 Å². The zero-order valence-electron chi connectivity index (χ0n) is 12.5. The maximum Gasteiger partial charge on any atom is 0.300 e. The van der Waals surface area contributed by atoms with Gasteiger partial charge in [0.25, 0.3) is 0 Å². The monoisotopic (exact) mass is 280 g/mol. The van der Waals surface area contributed by atoms with Crippen LogP contribution in [-0.2, 0) is 6.54 Å². The van der Waals surface area contributed by atoms with Gasteiger partial charge >= 0.3 is 5.91 Å². The normalized spacial score (nSPS) is 20.4. The number of hydrogen-bond donors (Lipinski definition) is 2. The summed E-state index contributed by atoms with van der Waals surface area (Å²) in [5.41, 5.74) is 3.13. The number of likely N-dealkylation sites (N-methyl/N-ethyl adjacent to an activating group) is 2. The molecule has 0 bridgehead atoms. The third-order valence-corrected chi connectivity index (χ3v) is 4.02. The Morgan fingerprint density at radius 2 is 2.40 bits per heavy atom. The lowest BCUT2D eigenvalue weighted by Gasteiger charge is -2.35. The van der Waals surface area contributed by atoms with Crippen LogP contribution in [0.2, 0.25) is 0 Å². The molecule has 1 aliphatic heterocycles.